The highest BCUT2D eigenvalue weighted by Gasteiger charge is 2.15. The van der Waals surface area contributed by atoms with Gasteiger partial charge in [0.05, 0.1) is 31.9 Å². The minimum Gasteiger partial charge on any atom is -0.493 e. The lowest BCUT2D eigenvalue weighted by Crippen LogP contribution is -2.28. The van der Waals surface area contributed by atoms with Crippen molar-refractivity contribution < 1.29 is 14.3 Å². The molecular formula is C24H31N3O3. The molecule has 6 heteroatoms. The SMILES string of the molecule is COc1cc(C(C)NC(=O)Cc2cn3cccc(C)c3n2)ccc1OCCC(C)C. The second-order valence-corrected chi connectivity index (χ2v) is 8.06. The van der Waals surface area contributed by atoms with Crippen LogP contribution >= 0.6 is 0 Å². The highest BCUT2D eigenvalue weighted by molar-refractivity contribution is 5.78. The first kappa shape index (κ1) is 21.7. The number of methoxy groups -OCH3 is 1. The van der Waals surface area contributed by atoms with Crippen LogP contribution < -0.4 is 14.8 Å². The van der Waals surface area contributed by atoms with Crippen LogP contribution in [0.1, 0.15) is 50.1 Å². The zero-order valence-corrected chi connectivity index (χ0v) is 18.4. The third kappa shape index (κ3) is 5.32. The topological polar surface area (TPSA) is 64.9 Å². The number of aromatic nitrogens is 2. The third-order valence-electron chi connectivity index (χ3n) is 5.09. The fraction of sp³-hybridized carbons (Fsp3) is 0.417. The molecule has 0 radical (unpaired) electrons. The van der Waals surface area contributed by atoms with Gasteiger partial charge in [-0.1, -0.05) is 26.0 Å². The van der Waals surface area contributed by atoms with Crippen LogP contribution in [-0.4, -0.2) is 29.0 Å². The Balaban J connectivity index is 1.63. The molecular weight excluding hydrogens is 378 g/mol. The Labute approximate surface area is 178 Å². The molecule has 30 heavy (non-hydrogen) atoms. The Bertz CT molecular complexity index is 1010. The molecule has 3 rings (SSSR count). The van der Waals surface area contributed by atoms with E-state index in [4.69, 9.17) is 9.47 Å². The van der Waals surface area contributed by atoms with Crippen LogP contribution in [0.3, 0.4) is 0 Å². The molecule has 1 unspecified atom stereocenters. The van der Waals surface area contributed by atoms with E-state index in [1.54, 1.807) is 7.11 Å². The van der Waals surface area contributed by atoms with Gasteiger partial charge >= 0.3 is 0 Å². The number of nitrogens with zero attached hydrogens (tertiary/aromatic N) is 2. The van der Waals surface area contributed by atoms with E-state index in [-0.39, 0.29) is 18.4 Å². The van der Waals surface area contributed by atoms with E-state index in [2.05, 4.69) is 24.1 Å². The van der Waals surface area contributed by atoms with Crippen molar-refractivity contribution in [3.8, 4) is 11.5 Å². The molecule has 3 aromatic rings. The molecule has 0 fully saturated rings. The largest absolute Gasteiger partial charge is 0.493 e. The molecule has 0 bridgehead atoms. The van der Waals surface area contributed by atoms with E-state index in [1.807, 2.05) is 61.0 Å². The Morgan fingerprint density at radius 1 is 1.20 bits per heavy atom. The van der Waals surface area contributed by atoms with Crippen molar-refractivity contribution in [2.45, 2.75) is 46.6 Å². The minimum atomic E-state index is -0.158. The number of carbonyl (C=O) groups excluding carboxylic acids is 1. The Morgan fingerprint density at radius 3 is 2.70 bits per heavy atom. The van der Waals surface area contributed by atoms with Crippen molar-refractivity contribution in [3.05, 3.63) is 59.5 Å². The Hall–Kier alpha value is -3.02. The Kier molecular flexibility index (Phi) is 6.98. The number of hydrogen-bond donors (Lipinski definition) is 1. The van der Waals surface area contributed by atoms with Gasteiger partial charge in [-0.05, 0) is 55.5 Å². The molecule has 0 aliphatic carbocycles. The highest BCUT2D eigenvalue weighted by Crippen LogP contribution is 2.30. The van der Waals surface area contributed by atoms with Gasteiger partial charge in [0.15, 0.2) is 11.5 Å². The first-order valence-electron chi connectivity index (χ1n) is 10.4. The average molecular weight is 410 g/mol. The lowest BCUT2D eigenvalue weighted by Gasteiger charge is -2.17. The number of aryl methyl sites for hydroxylation is 1. The molecule has 160 valence electrons. The van der Waals surface area contributed by atoms with Gasteiger partial charge in [-0.15, -0.1) is 0 Å². The van der Waals surface area contributed by atoms with Gasteiger partial charge in [0.25, 0.3) is 0 Å². The molecule has 0 aliphatic heterocycles. The number of amides is 1. The number of benzene rings is 1. The molecule has 1 atom stereocenters. The predicted octanol–water partition coefficient (Wildman–Crippen LogP) is 4.50. The van der Waals surface area contributed by atoms with Gasteiger partial charge in [0.2, 0.25) is 5.91 Å². The summed E-state index contributed by atoms with van der Waals surface area (Å²) in [5, 5.41) is 3.05. The summed E-state index contributed by atoms with van der Waals surface area (Å²) < 4.78 is 13.3. The summed E-state index contributed by atoms with van der Waals surface area (Å²) in [6.07, 6.45) is 5.06. The zero-order chi connectivity index (χ0) is 21.7. The van der Waals surface area contributed by atoms with Crippen LogP contribution in [0.25, 0.3) is 5.65 Å². The van der Waals surface area contributed by atoms with Crippen LogP contribution in [0.4, 0.5) is 0 Å². The lowest BCUT2D eigenvalue weighted by molar-refractivity contribution is -0.121. The molecule has 0 spiro atoms. The summed E-state index contributed by atoms with van der Waals surface area (Å²) >= 11 is 0. The smallest absolute Gasteiger partial charge is 0.226 e. The summed E-state index contributed by atoms with van der Waals surface area (Å²) in [6.45, 7) is 8.96. The van der Waals surface area contributed by atoms with Crippen molar-refractivity contribution in [1.29, 1.82) is 0 Å². The maximum absolute atomic E-state index is 12.6. The molecule has 2 heterocycles. The van der Waals surface area contributed by atoms with Gasteiger partial charge in [-0.25, -0.2) is 4.98 Å². The monoisotopic (exact) mass is 409 g/mol. The molecule has 2 aromatic heterocycles. The van der Waals surface area contributed by atoms with E-state index in [1.165, 1.54) is 0 Å². The summed E-state index contributed by atoms with van der Waals surface area (Å²) in [5.74, 6) is 1.91. The van der Waals surface area contributed by atoms with Crippen molar-refractivity contribution >= 4 is 11.6 Å². The first-order valence-corrected chi connectivity index (χ1v) is 10.4. The van der Waals surface area contributed by atoms with Crippen LogP contribution in [-0.2, 0) is 11.2 Å². The van der Waals surface area contributed by atoms with Crippen molar-refractivity contribution in [2.24, 2.45) is 5.92 Å². The van der Waals surface area contributed by atoms with E-state index >= 15 is 0 Å². The normalized spacial score (nSPS) is 12.2. The van der Waals surface area contributed by atoms with Crippen LogP contribution in [0, 0.1) is 12.8 Å². The van der Waals surface area contributed by atoms with Gasteiger partial charge in [0.1, 0.15) is 5.65 Å². The van der Waals surface area contributed by atoms with Gasteiger partial charge in [0, 0.05) is 12.4 Å². The number of rotatable bonds is 9. The van der Waals surface area contributed by atoms with Gasteiger partial charge in [-0.2, -0.15) is 0 Å². The summed E-state index contributed by atoms with van der Waals surface area (Å²) in [5.41, 5.74) is 3.68. The number of nitrogens with one attached hydrogen (secondary N) is 1. The molecule has 1 amide bonds. The molecule has 1 N–H and O–H groups in total. The van der Waals surface area contributed by atoms with E-state index in [0.29, 0.717) is 18.3 Å². The summed E-state index contributed by atoms with van der Waals surface area (Å²) in [4.78, 5) is 17.1. The van der Waals surface area contributed by atoms with Gasteiger partial charge < -0.3 is 19.2 Å². The van der Waals surface area contributed by atoms with Crippen molar-refractivity contribution in [1.82, 2.24) is 14.7 Å². The molecule has 0 saturated carbocycles. The molecule has 0 aliphatic rings. The van der Waals surface area contributed by atoms with Crippen LogP contribution in [0.15, 0.2) is 42.7 Å². The number of fused-ring (bicyclic) bond motifs is 1. The summed E-state index contributed by atoms with van der Waals surface area (Å²) in [6, 6.07) is 9.62. The molecule has 0 saturated heterocycles. The second kappa shape index (κ2) is 9.65. The van der Waals surface area contributed by atoms with Crippen molar-refractivity contribution in [3.63, 3.8) is 0 Å². The standard InChI is InChI=1S/C24H31N3O3/c1-16(2)10-12-30-21-9-8-19(13-22(21)29-5)18(4)25-23(28)14-20-15-27-11-6-7-17(3)24(27)26-20/h6-9,11,13,15-16,18H,10,12,14H2,1-5H3,(H,25,28). The fourth-order valence-corrected chi connectivity index (χ4v) is 3.31. The lowest BCUT2D eigenvalue weighted by atomic mass is 10.1. The second-order valence-electron chi connectivity index (χ2n) is 8.06. The number of ether oxygens (including phenoxy) is 2. The van der Waals surface area contributed by atoms with E-state index < -0.39 is 0 Å². The predicted molar refractivity (Wildman–Crippen MR) is 118 cm³/mol. The van der Waals surface area contributed by atoms with Gasteiger partial charge in [-0.3, -0.25) is 4.79 Å². The highest BCUT2D eigenvalue weighted by atomic mass is 16.5. The number of hydrogen-bond acceptors (Lipinski definition) is 4. The molecule has 1 aromatic carbocycles. The minimum absolute atomic E-state index is 0.0696. The summed E-state index contributed by atoms with van der Waals surface area (Å²) in [7, 11) is 1.63. The number of imidazole rings is 1. The molecule has 6 nitrogen and oxygen atoms in total. The third-order valence-corrected chi connectivity index (χ3v) is 5.09. The van der Waals surface area contributed by atoms with E-state index in [9.17, 15) is 4.79 Å². The number of pyridine rings is 1. The first-order chi connectivity index (χ1) is 14.4. The van der Waals surface area contributed by atoms with E-state index in [0.717, 1.165) is 34.6 Å². The quantitative estimate of drug-likeness (QED) is 0.565. The maximum atomic E-state index is 12.6. The van der Waals surface area contributed by atoms with Crippen LogP contribution in [0.5, 0.6) is 11.5 Å². The zero-order valence-electron chi connectivity index (χ0n) is 18.4. The Morgan fingerprint density at radius 2 is 2.00 bits per heavy atom. The van der Waals surface area contributed by atoms with Crippen LogP contribution in [0.2, 0.25) is 0 Å². The van der Waals surface area contributed by atoms with Crippen molar-refractivity contribution in [2.75, 3.05) is 13.7 Å². The maximum Gasteiger partial charge on any atom is 0.226 e. The number of carbonyl (C=O) groups is 1. The fourth-order valence-electron chi connectivity index (χ4n) is 3.31. The average Bonchev–Trinajstić information content (AvgIpc) is 3.11.